The van der Waals surface area contributed by atoms with Gasteiger partial charge in [-0.25, -0.2) is 4.79 Å². The lowest BCUT2D eigenvalue weighted by Gasteiger charge is -2.73. The third kappa shape index (κ3) is 4.43. The van der Waals surface area contributed by atoms with E-state index in [1.54, 1.807) is 11.6 Å². The van der Waals surface area contributed by atoms with Gasteiger partial charge in [0.15, 0.2) is 0 Å². The molecule has 0 saturated heterocycles. The van der Waals surface area contributed by atoms with E-state index < -0.39 is 0 Å². The summed E-state index contributed by atoms with van der Waals surface area (Å²) in [6.45, 7) is 20.6. The molecular weight excluding hydrogens is 500 g/mol. The van der Waals surface area contributed by atoms with E-state index in [1.165, 1.54) is 51.4 Å². The second-order valence-electron chi connectivity index (χ2n) is 17.4. The lowest BCUT2D eigenvalue weighted by Crippen LogP contribution is -2.65. The van der Waals surface area contributed by atoms with Gasteiger partial charge in [-0.15, -0.1) is 0 Å². The van der Waals surface area contributed by atoms with Crippen molar-refractivity contribution in [2.24, 2.45) is 50.2 Å². The molecular formula is C39H56O2. The van der Waals surface area contributed by atoms with Gasteiger partial charge in [0, 0.05) is 11.5 Å². The third-order valence-electron chi connectivity index (χ3n) is 14.5. The number of hydrogen-bond acceptors (Lipinski definition) is 2. The minimum atomic E-state index is -0.215. The Kier molecular flexibility index (Phi) is 6.84. The fourth-order valence-corrected chi connectivity index (χ4v) is 11.5. The molecule has 0 heterocycles. The van der Waals surface area contributed by atoms with Crippen LogP contribution in [0, 0.1) is 50.2 Å². The molecule has 0 N–H and O–H groups in total. The van der Waals surface area contributed by atoms with Crippen molar-refractivity contribution in [1.29, 1.82) is 0 Å². The molecule has 4 saturated carbocycles. The van der Waals surface area contributed by atoms with E-state index in [0.29, 0.717) is 33.0 Å². The summed E-state index contributed by atoms with van der Waals surface area (Å²) in [7, 11) is 0. The zero-order valence-electron chi connectivity index (χ0n) is 27.3. The zero-order chi connectivity index (χ0) is 29.5. The van der Waals surface area contributed by atoms with Gasteiger partial charge in [0.05, 0.1) is 0 Å². The Balaban J connectivity index is 1.25. The molecule has 4 fully saturated rings. The van der Waals surface area contributed by atoms with E-state index in [2.05, 4.69) is 61.5 Å². The average Bonchev–Trinajstić information content (AvgIpc) is 2.92. The number of fused-ring (bicyclic) bond motifs is 7. The number of carbonyl (C=O) groups is 1. The number of carbonyl (C=O) groups excluding carboxylic acids is 1. The second-order valence-corrected chi connectivity index (χ2v) is 17.4. The van der Waals surface area contributed by atoms with E-state index in [1.807, 2.05) is 36.4 Å². The van der Waals surface area contributed by atoms with Crippen molar-refractivity contribution < 1.29 is 9.53 Å². The van der Waals surface area contributed by atoms with Crippen LogP contribution >= 0.6 is 0 Å². The van der Waals surface area contributed by atoms with Crippen LogP contribution in [0.3, 0.4) is 0 Å². The van der Waals surface area contributed by atoms with Crippen molar-refractivity contribution in [3.63, 3.8) is 0 Å². The Bertz CT molecular complexity index is 1240. The van der Waals surface area contributed by atoms with E-state index in [-0.39, 0.29) is 17.5 Å². The highest BCUT2D eigenvalue weighted by Crippen LogP contribution is 2.77. The summed E-state index contributed by atoms with van der Waals surface area (Å²) in [6, 6.07) is 10.0. The quantitative estimate of drug-likeness (QED) is 0.210. The Morgan fingerprint density at radius 1 is 0.805 bits per heavy atom. The van der Waals surface area contributed by atoms with Crippen LogP contribution < -0.4 is 0 Å². The summed E-state index contributed by atoms with van der Waals surface area (Å²) in [4.78, 5) is 12.9. The first-order valence-electron chi connectivity index (χ1n) is 16.8. The highest BCUT2D eigenvalue weighted by atomic mass is 16.5. The first-order valence-corrected chi connectivity index (χ1v) is 16.8. The average molecular weight is 557 g/mol. The number of hydrogen-bond donors (Lipinski definition) is 0. The molecule has 0 radical (unpaired) electrons. The summed E-state index contributed by atoms with van der Waals surface area (Å²) in [5.41, 5.74) is 4.60. The van der Waals surface area contributed by atoms with Gasteiger partial charge in [-0.2, -0.15) is 0 Å². The molecule has 8 atom stereocenters. The van der Waals surface area contributed by atoms with E-state index >= 15 is 0 Å². The standard InChI is InChI=1S/C39H56O2/c1-34(2)20-21-36(5)22-24-38(7)30-17-15-28-29(37(30,6)23-25-39(38,8)31(36)26-34)16-18-32(35(28,3)4)41-33(40)19-14-27-12-10-9-11-13-27/h9-15,19,29-32H,16-18,20-26H2,1-8H3/t29-,30+,31-,32+,36-,37+,38-,39+/m1/s1. The largest absolute Gasteiger partial charge is 0.458 e. The van der Waals surface area contributed by atoms with Gasteiger partial charge in [0.2, 0.25) is 0 Å². The Labute approximate surface area is 250 Å². The lowest BCUT2D eigenvalue weighted by molar-refractivity contribution is -0.231. The summed E-state index contributed by atoms with van der Waals surface area (Å²) in [6.07, 6.45) is 19.1. The normalized spacial score (nSPS) is 44.5. The van der Waals surface area contributed by atoms with Crippen LogP contribution in [-0.4, -0.2) is 12.1 Å². The molecule has 2 nitrogen and oxygen atoms in total. The maximum atomic E-state index is 12.9. The molecule has 224 valence electrons. The van der Waals surface area contributed by atoms with Crippen LogP contribution in [0.15, 0.2) is 48.1 Å². The highest BCUT2D eigenvalue weighted by Gasteiger charge is 2.69. The van der Waals surface area contributed by atoms with Gasteiger partial charge in [0.25, 0.3) is 0 Å². The Hall–Kier alpha value is -1.83. The summed E-state index contributed by atoms with van der Waals surface area (Å²) >= 11 is 0. The first kappa shape index (κ1) is 29.3. The topological polar surface area (TPSA) is 26.3 Å². The van der Waals surface area contributed by atoms with Gasteiger partial charge < -0.3 is 4.74 Å². The Morgan fingerprint density at radius 2 is 1.46 bits per heavy atom. The van der Waals surface area contributed by atoms with Crippen LogP contribution in [0.5, 0.6) is 0 Å². The Morgan fingerprint density at radius 3 is 2.20 bits per heavy atom. The predicted molar refractivity (Wildman–Crippen MR) is 170 cm³/mol. The van der Waals surface area contributed by atoms with Gasteiger partial charge >= 0.3 is 5.97 Å². The third-order valence-corrected chi connectivity index (χ3v) is 14.5. The molecule has 5 aliphatic rings. The summed E-state index contributed by atoms with van der Waals surface area (Å²) in [5, 5.41) is 0. The minimum absolute atomic E-state index is 0.0672. The van der Waals surface area contributed by atoms with Gasteiger partial charge in [0.1, 0.15) is 6.10 Å². The maximum absolute atomic E-state index is 12.9. The summed E-state index contributed by atoms with van der Waals surface area (Å²) < 4.78 is 6.19. The molecule has 1 aromatic rings. The van der Waals surface area contributed by atoms with E-state index in [9.17, 15) is 4.79 Å². The smallest absolute Gasteiger partial charge is 0.331 e. The molecule has 0 bridgehead atoms. The van der Waals surface area contributed by atoms with Crippen molar-refractivity contribution in [3.8, 4) is 0 Å². The molecule has 6 rings (SSSR count). The number of esters is 1. The maximum Gasteiger partial charge on any atom is 0.331 e. The lowest BCUT2D eigenvalue weighted by atomic mass is 9.31. The van der Waals surface area contributed by atoms with Crippen molar-refractivity contribution in [1.82, 2.24) is 0 Å². The number of ether oxygens (including phenoxy) is 1. The molecule has 41 heavy (non-hydrogen) atoms. The van der Waals surface area contributed by atoms with Crippen molar-refractivity contribution in [2.75, 3.05) is 0 Å². The second kappa shape index (κ2) is 9.59. The van der Waals surface area contributed by atoms with Crippen LogP contribution in [-0.2, 0) is 9.53 Å². The fourth-order valence-electron chi connectivity index (χ4n) is 11.5. The van der Waals surface area contributed by atoms with Crippen molar-refractivity contribution >= 4 is 12.0 Å². The molecule has 1 aromatic carbocycles. The SMILES string of the molecule is CC1(C)CC[C@]2(C)CC[C@]3(C)[C@H]4CC=C5[C@@H](CC[C@H](OC(=O)C=Cc6ccccc6)C5(C)C)[C@]4(C)CC[C@@]3(C)[C@@H]2C1. The fraction of sp³-hybridized carbons (Fsp3) is 0.718. The zero-order valence-corrected chi connectivity index (χ0v) is 27.3. The van der Waals surface area contributed by atoms with Crippen molar-refractivity contribution in [3.05, 3.63) is 53.6 Å². The number of benzene rings is 1. The molecule has 0 aliphatic heterocycles. The highest BCUT2D eigenvalue weighted by molar-refractivity contribution is 5.87. The first-order chi connectivity index (χ1) is 19.1. The number of allylic oxidation sites excluding steroid dienone is 1. The molecule has 5 aliphatic carbocycles. The van der Waals surface area contributed by atoms with Gasteiger partial charge in [-0.05, 0) is 121 Å². The molecule has 0 spiro atoms. The van der Waals surface area contributed by atoms with Crippen LogP contribution in [0.2, 0.25) is 0 Å². The molecule has 0 amide bonds. The molecule has 0 unspecified atom stereocenters. The van der Waals surface area contributed by atoms with Gasteiger partial charge in [-0.1, -0.05) is 97.4 Å². The van der Waals surface area contributed by atoms with Gasteiger partial charge in [-0.3, -0.25) is 0 Å². The van der Waals surface area contributed by atoms with Crippen LogP contribution in [0.1, 0.15) is 125 Å². The predicted octanol–water partition coefficient (Wildman–Crippen LogP) is 10.4. The molecule has 0 aromatic heterocycles. The van der Waals surface area contributed by atoms with Crippen molar-refractivity contribution in [2.45, 2.75) is 126 Å². The minimum Gasteiger partial charge on any atom is -0.458 e. The van der Waals surface area contributed by atoms with Crippen LogP contribution in [0.25, 0.3) is 6.08 Å². The monoisotopic (exact) mass is 556 g/mol. The summed E-state index contributed by atoms with van der Waals surface area (Å²) in [5.74, 6) is 1.96. The van der Waals surface area contributed by atoms with E-state index in [0.717, 1.165) is 30.2 Å². The van der Waals surface area contributed by atoms with Crippen LogP contribution in [0.4, 0.5) is 0 Å². The number of rotatable bonds is 3. The van der Waals surface area contributed by atoms with E-state index in [4.69, 9.17) is 4.74 Å². The molecule has 2 heteroatoms.